The van der Waals surface area contributed by atoms with Gasteiger partial charge in [0.2, 0.25) is 0 Å². The van der Waals surface area contributed by atoms with E-state index in [0.717, 1.165) is 6.33 Å². The summed E-state index contributed by atoms with van der Waals surface area (Å²) in [6, 6.07) is 0. The van der Waals surface area contributed by atoms with Crippen LogP contribution in [0.5, 0.6) is 0 Å². The van der Waals surface area contributed by atoms with Crippen LogP contribution in [0.4, 0.5) is 5.82 Å². The molecule has 0 bridgehead atoms. The van der Waals surface area contributed by atoms with E-state index in [2.05, 4.69) is 28.3 Å². The number of rotatable bonds is 10. The van der Waals surface area contributed by atoms with Crippen molar-refractivity contribution in [2.45, 2.75) is 31.5 Å². The number of aliphatic hydroxyl groups excluding tert-OH is 1. The maximum atomic E-state index is 12.1. The van der Waals surface area contributed by atoms with E-state index in [0.29, 0.717) is 0 Å². The summed E-state index contributed by atoms with van der Waals surface area (Å²) in [6.45, 7) is 0.203. The molecule has 0 spiro atoms. The molecule has 3 heterocycles. The summed E-state index contributed by atoms with van der Waals surface area (Å²) in [4.78, 5) is 48.5. The molecule has 3 rings (SSSR count). The summed E-state index contributed by atoms with van der Waals surface area (Å²) in [5.41, 5.74) is 5.99. The number of nitrogen functional groups attached to an aromatic ring is 1. The van der Waals surface area contributed by atoms with Crippen LogP contribution in [-0.2, 0) is 36.3 Å². The molecule has 1 saturated heterocycles. The van der Waals surface area contributed by atoms with Crippen LogP contribution in [0.25, 0.3) is 11.2 Å². The van der Waals surface area contributed by atoms with Crippen molar-refractivity contribution in [2.75, 3.05) is 18.9 Å². The van der Waals surface area contributed by atoms with Gasteiger partial charge in [-0.25, -0.2) is 28.6 Å². The Morgan fingerprint density at radius 3 is 2.45 bits per heavy atom. The van der Waals surface area contributed by atoms with Gasteiger partial charge in [-0.2, -0.15) is 4.31 Å². The molecule has 0 radical (unpaired) electrons. The van der Waals surface area contributed by atoms with Gasteiger partial charge in [-0.1, -0.05) is 0 Å². The summed E-state index contributed by atoms with van der Waals surface area (Å²) in [6.07, 6.45) is -4.03. The fraction of sp³-hybridized carbons (Fsp3) is 0.583. The Morgan fingerprint density at radius 1 is 1.12 bits per heavy atom. The highest BCUT2D eigenvalue weighted by molar-refractivity contribution is 7.60. The van der Waals surface area contributed by atoms with Crippen molar-refractivity contribution in [1.29, 1.82) is 0 Å². The normalized spacial score (nSPS) is 27.5. The van der Waals surface area contributed by atoms with E-state index in [1.54, 1.807) is 0 Å². The molecule has 186 valence electrons. The number of hydrogen-bond acceptors (Lipinski definition) is 13. The predicted octanol–water partition coefficient (Wildman–Crippen LogP) is -0.585. The van der Waals surface area contributed by atoms with Gasteiger partial charge < -0.3 is 35.2 Å². The first-order valence-electron chi connectivity index (χ1n) is 8.89. The predicted molar refractivity (Wildman–Crippen MR) is 105 cm³/mol. The molecule has 33 heavy (non-hydrogen) atoms. The van der Waals surface area contributed by atoms with Crippen molar-refractivity contribution < 1.29 is 61.0 Å². The Morgan fingerprint density at radius 2 is 1.82 bits per heavy atom. The van der Waals surface area contributed by atoms with Gasteiger partial charge in [-0.15, -0.1) is 0 Å². The Balaban J connectivity index is 1.89. The number of imidazole rings is 1. The highest BCUT2D eigenvalue weighted by Gasteiger charge is 2.50. The topological polar surface area (TPSA) is 268 Å². The summed E-state index contributed by atoms with van der Waals surface area (Å²) in [5.74, 6) is 0.0194. The minimum atomic E-state index is -5.40. The third-order valence-electron chi connectivity index (χ3n) is 4.13. The zero-order valence-corrected chi connectivity index (χ0v) is 19.3. The number of hydrogen-bond donors (Lipinski definition) is 6. The lowest BCUT2D eigenvalue weighted by Gasteiger charge is -2.23. The van der Waals surface area contributed by atoms with Gasteiger partial charge in [0.1, 0.15) is 30.2 Å². The van der Waals surface area contributed by atoms with Gasteiger partial charge in [0.05, 0.1) is 19.5 Å². The Labute approximate surface area is 184 Å². The van der Waals surface area contributed by atoms with Gasteiger partial charge in [-0.3, -0.25) is 18.1 Å². The number of anilines is 1. The second-order valence-electron chi connectivity index (χ2n) is 6.43. The van der Waals surface area contributed by atoms with Crippen molar-refractivity contribution in [2.24, 2.45) is 0 Å². The summed E-state index contributed by atoms with van der Waals surface area (Å²) >= 11 is 0. The van der Waals surface area contributed by atoms with Gasteiger partial charge >= 0.3 is 23.5 Å². The van der Waals surface area contributed by atoms with E-state index in [1.807, 2.05) is 0 Å². The number of phosphoric acid groups is 3. The molecule has 0 saturated carbocycles. The zero-order chi connectivity index (χ0) is 24.6. The molecule has 18 nitrogen and oxygen atoms in total. The molecular formula is C12H20N5O13P3. The fourth-order valence-corrected chi connectivity index (χ4v) is 5.50. The largest absolute Gasteiger partial charge is 0.481 e. The zero-order valence-electron chi connectivity index (χ0n) is 16.6. The van der Waals surface area contributed by atoms with E-state index in [-0.39, 0.29) is 23.6 Å². The molecule has 0 aliphatic carbocycles. The molecule has 21 heteroatoms. The van der Waals surface area contributed by atoms with Crippen LogP contribution in [0, 0.1) is 0 Å². The molecule has 7 N–H and O–H groups in total. The van der Waals surface area contributed by atoms with Gasteiger partial charge in [0.15, 0.2) is 17.7 Å². The van der Waals surface area contributed by atoms with Crippen molar-refractivity contribution in [3.05, 3.63) is 12.7 Å². The number of phosphoric ester groups is 2. The smallest absolute Gasteiger partial charge is 0.386 e. The summed E-state index contributed by atoms with van der Waals surface area (Å²) < 4.78 is 59.3. The van der Waals surface area contributed by atoms with E-state index < -0.39 is 54.6 Å². The van der Waals surface area contributed by atoms with E-state index in [9.17, 15) is 28.6 Å². The molecule has 0 aromatic carbocycles. The lowest BCUT2D eigenvalue weighted by Crippen LogP contribution is -2.36. The Bertz CT molecular complexity index is 1140. The number of nitrogens with two attached hydrogens (primary N) is 1. The Hall–Kier alpha value is -1.36. The first-order valence-corrected chi connectivity index (χ1v) is 13.4. The second kappa shape index (κ2) is 9.71. The minimum absolute atomic E-state index is 0.0194. The summed E-state index contributed by atoms with van der Waals surface area (Å²) in [7, 11) is -15.4. The van der Waals surface area contributed by atoms with Crippen molar-refractivity contribution >= 4 is 40.4 Å². The van der Waals surface area contributed by atoms with Crippen LogP contribution in [0.2, 0.25) is 0 Å². The van der Waals surface area contributed by atoms with Gasteiger partial charge in [0, 0.05) is 0 Å². The fourth-order valence-electron chi connectivity index (χ4n) is 2.94. The Kier molecular flexibility index (Phi) is 7.73. The van der Waals surface area contributed by atoms with Crippen molar-refractivity contribution in [1.82, 2.24) is 19.5 Å². The molecule has 0 amide bonds. The maximum absolute atomic E-state index is 12.1. The van der Waals surface area contributed by atoms with Crippen LogP contribution >= 0.6 is 23.5 Å². The van der Waals surface area contributed by atoms with Crippen molar-refractivity contribution in [3.8, 4) is 0 Å². The molecule has 1 fully saturated rings. The lowest BCUT2D eigenvalue weighted by molar-refractivity contribution is -0.0503. The van der Waals surface area contributed by atoms with Crippen LogP contribution in [0.3, 0.4) is 0 Å². The lowest BCUT2D eigenvalue weighted by atomic mass is 10.1. The molecule has 2 aromatic rings. The van der Waals surface area contributed by atoms with Crippen LogP contribution in [-0.4, -0.2) is 75.7 Å². The third kappa shape index (κ3) is 6.41. The number of fused-ring (bicyclic) bond motifs is 1. The SMILES string of the molecule is CCOP(=O)(O)O[C@H]1[C@@H](O)[C@H](n2cnc3c(N)ncnc32)O[C@@H]1COP(=O)(O)OP(=O)(O)O. The maximum Gasteiger partial charge on any atom is 0.481 e. The van der Waals surface area contributed by atoms with E-state index in [4.69, 9.17) is 24.8 Å². The number of aliphatic hydroxyl groups is 1. The van der Waals surface area contributed by atoms with Crippen LogP contribution in [0.15, 0.2) is 12.7 Å². The molecule has 1 aliphatic heterocycles. The number of ether oxygens (including phenoxy) is 1. The average molecular weight is 535 g/mol. The third-order valence-corrected chi connectivity index (χ3v) is 7.38. The summed E-state index contributed by atoms with van der Waals surface area (Å²) in [5, 5.41) is 10.8. The molecule has 1 aliphatic rings. The molecular weight excluding hydrogens is 515 g/mol. The van der Waals surface area contributed by atoms with E-state index in [1.165, 1.54) is 17.8 Å². The molecule has 2 unspecified atom stereocenters. The molecule has 2 aromatic heterocycles. The quantitative estimate of drug-likeness (QED) is 0.208. The highest BCUT2D eigenvalue weighted by atomic mass is 31.3. The second-order valence-corrected chi connectivity index (χ2v) is 10.7. The van der Waals surface area contributed by atoms with Crippen LogP contribution in [0.1, 0.15) is 13.2 Å². The van der Waals surface area contributed by atoms with Gasteiger partial charge in [-0.05, 0) is 6.92 Å². The van der Waals surface area contributed by atoms with Crippen LogP contribution < -0.4 is 5.73 Å². The van der Waals surface area contributed by atoms with Crippen molar-refractivity contribution in [3.63, 3.8) is 0 Å². The standard InChI is InChI=1S/C12H20N5O13P3/c1-2-26-32(22,23)29-9-6(3-27-33(24,25)30-31(19,20)21)28-12(8(9)18)17-5-16-7-10(13)14-4-15-11(7)17/h4-6,8-9,12,18H,2-3H2,1H3,(H,22,23)(H,24,25)(H2,13,14,15)(H2,19,20,21)/t6-,8-,9-,12-/m1/s1. The number of aromatic nitrogens is 4. The minimum Gasteiger partial charge on any atom is -0.386 e. The van der Waals surface area contributed by atoms with E-state index >= 15 is 0 Å². The first kappa shape index (κ1) is 26.2. The molecule has 6 atom stereocenters. The first-order chi connectivity index (χ1) is 15.2. The highest BCUT2D eigenvalue weighted by Crippen LogP contribution is 2.58. The van der Waals surface area contributed by atoms with Gasteiger partial charge in [0.25, 0.3) is 0 Å². The monoisotopic (exact) mass is 535 g/mol. The average Bonchev–Trinajstić information content (AvgIpc) is 3.21. The number of nitrogens with zero attached hydrogens (tertiary/aromatic N) is 4.